The number of anilines is 1. The lowest BCUT2D eigenvalue weighted by atomic mass is 9.82. The van der Waals surface area contributed by atoms with Gasteiger partial charge in [-0.05, 0) is 62.1 Å². The molecule has 0 fully saturated rings. The summed E-state index contributed by atoms with van der Waals surface area (Å²) in [4.78, 5) is 4.81. The van der Waals surface area contributed by atoms with Gasteiger partial charge in [0.2, 0.25) is 0 Å². The van der Waals surface area contributed by atoms with Crippen LogP contribution in [0.15, 0.2) is 48.7 Å². The van der Waals surface area contributed by atoms with Crippen molar-refractivity contribution in [3.63, 3.8) is 0 Å². The van der Waals surface area contributed by atoms with Crippen molar-refractivity contribution >= 4 is 21.6 Å². The molecule has 2 heterocycles. The lowest BCUT2D eigenvalue weighted by molar-refractivity contribution is 0.302. The van der Waals surface area contributed by atoms with Crippen LogP contribution in [0.25, 0.3) is 16.9 Å². The van der Waals surface area contributed by atoms with Crippen LogP contribution in [0.5, 0.6) is 5.75 Å². The number of rotatable bonds is 6. The highest BCUT2D eigenvalue weighted by molar-refractivity contribution is 7.86. The molecular formula is C22H29N3O3S. The van der Waals surface area contributed by atoms with Crippen LogP contribution in [0.1, 0.15) is 41.0 Å². The molecule has 156 valence electrons. The van der Waals surface area contributed by atoms with E-state index in [0.29, 0.717) is 0 Å². The minimum absolute atomic E-state index is 0.155. The molecule has 0 saturated carbocycles. The number of hydrogen-bond donors (Lipinski definition) is 1. The lowest BCUT2D eigenvalue weighted by Gasteiger charge is -2.34. The van der Waals surface area contributed by atoms with Crippen LogP contribution in [0, 0.1) is 5.41 Å². The molecule has 6 nitrogen and oxygen atoms in total. The summed E-state index contributed by atoms with van der Waals surface area (Å²) in [7, 11) is -3.56. The molecule has 0 bridgehead atoms. The zero-order valence-electron chi connectivity index (χ0n) is 17.9. The molecule has 0 aliphatic carbocycles. The molecule has 0 saturated heterocycles. The van der Waals surface area contributed by atoms with E-state index in [1.54, 1.807) is 12.1 Å². The standard InChI is InChI=1S/C22H29N3O3S/c1-21(2,3)15-22(4,5)24-20-19(23-18-9-7-8-14-25(18)20)16-10-12-17(13-11-16)28-29(6,26)27/h7-14,24H,15H2,1-6H3. The van der Waals surface area contributed by atoms with E-state index < -0.39 is 10.1 Å². The second-order valence-corrected chi connectivity index (χ2v) is 10.9. The number of nitrogens with zero attached hydrogens (tertiary/aromatic N) is 2. The van der Waals surface area contributed by atoms with Gasteiger partial charge in [-0.3, -0.25) is 4.40 Å². The minimum Gasteiger partial charge on any atom is -0.383 e. The van der Waals surface area contributed by atoms with Crippen molar-refractivity contribution in [1.82, 2.24) is 9.38 Å². The fraction of sp³-hybridized carbons (Fsp3) is 0.409. The molecule has 7 heteroatoms. The topological polar surface area (TPSA) is 72.7 Å². The Morgan fingerprint density at radius 3 is 2.28 bits per heavy atom. The van der Waals surface area contributed by atoms with Crippen molar-refractivity contribution in [2.24, 2.45) is 5.41 Å². The van der Waals surface area contributed by atoms with Gasteiger partial charge in [0.25, 0.3) is 0 Å². The van der Waals surface area contributed by atoms with Crippen LogP contribution < -0.4 is 9.50 Å². The first kappa shape index (κ1) is 21.2. The van der Waals surface area contributed by atoms with Crippen molar-refractivity contribution in [2.45, 2.75) is 46.6 Å². The monoisotopic (exact) mass is 415 g/mol. The van der Waals surface area contributed by atoms with Crippen LogP contribution in [0.2, 0.25) is 0 Å². The highest BCUT2D eigenvalue weighted by atomic mass is 32.2. The van der Waals surface area contributed by atoms with Crippen molar-refractivity contribution in [3.8, 4) is 17.0 Å². The Kier molecular flexibility index (Phi) is 5.38. The van der Waals surface area contributed by atoms with Gasteiger partial charge in [0.1, 0.15) is 22.9 Å². The average molecular weight is 416 g/mol. The van der Waals surface area contributed by atoms with Gasteiger partial charge < -0.3 is 9.50 Å². The maximum absolute atomic E-state index is 11.3. The zero-order valence-corrected chi connectivity index (χ0v) is 18.7. The van der Waals surface area contributed by atoms with Crippen LogP contribution in [-0.4, -0.2) is 29.6 Å². The second-order valence-electron chi connectivity index (χ2n) is 9.30. The molecule has 0 aliphatic heterocycles. The first-order chi connectivity index (χ1) is 13.3. The van der Waals surface area contributed by atoms with Gasteiger partial charge in [0.05, 0.1) is 6.26 Å². The highest BCUT2D eigenvalue weighted by Gasteiger charge is 2.28. The number of imidazole rings is 1. The predicted octanol–water partition coefficient (Wildman–Crippen LogP) is 4.97. The van der Waals surface area contributed by atoms with Crippen molar-refractivity contribution < 1.29 is 12.6 Å². The Balaban J connectivity index is 2.03. The molecule has 29 heavy (non-hydrogen) atoms. The molecule has 0 spiro atoms. The number of pyridine rings is 1. The van der Waals surface area contributed by atoms with E-state index in [9.17, 15) is 8.42 Å². The third-order valence-electron chi connectivity index (χ3n) is 4.33. The molecule has 0 atom stereocenters. The number of hydrogen-bond acceptors (Lipinski definition) is 5. The van der Waals surface area contributed by atoms with Gasteiger partial charge in [-0.25, -0.2) is 4.98 Å². The smallest absolute Gasteiger partial charge is 0.306 e. The predicted molar refractivity (Wildman–Crippen MR) is 118 cm³/mol. The van der Waals surface area contributed by atoms with Crippen molar-refractivity contribution in [3.05, 3.63) is 48.7 Å². The molecule has 1 N–H and O–H groups in total. The largest absolute Gasteiger partial charge is 0.383 e. The zero-order chi connectivity index (χ0) is 21.4. The summed E-state index contributed by atoms with van der Waals surface area (Å²) in [6.45, 7) is 11.1. The van der Waals surface area contributed by atoms with Gasteiger partial charge >= 0.3 is 10.1 Å². The molecule has 0 unspecified atom stereocenters. The second kappa shape index (κ2) is 7.37. The fourth-order valence-corrected chi connectivity index (χ4v) is 4.31. The molecule has 0 amide bonds. The van der Waals surface area contributed by atoms with Crippen LogP contribution in [0.3, 0.4) is 0 Å². The summed E-state index contributed by atoms with van der Waals surface area (Å²) in [5.41, 5.74) is 2.54. The SMILES string of the molecule is CC(C)(C)CC(C)(C)Nc1c(-c2ccc(OS(C)(=O)=O)cc2)nc2ccccn12. The maximum Gasteiger partial charge on any atom is 0.306 e. The molecule has 0 radical (unpaired) electrons. The van der Waals surface area contributed by atoms with Gasteiger partial charge in [-0.15, -0.1) is 0 Å². The van der Waals surface area contributed by atoms with Crippen LogP contribution >= 0.6 is 0 Å². The summed E-state index contributed by atoms with van der Waals surface area (Å²) in [6, 6.07) is 12.8. The molecular weight excluding hydrogens is 386 g/mol. The van der Waals surface area contributed by atoms with E-state index >= 15 is 0 Å². The Labute approximate surface area is 173 Å². The van der Waals surface area contributed by atoms with E-state index in [4.69, 9.17) is 9.17 Å². The number of fused-ring (bicyclic) bond motifs is 1. The van der Waals surface area contributed by atoms with Crippen LogP contribution in [0.4, 0.5) is 5.82 Å². The summed E-state index contributed by atoms with van der Waals surface area (Å²) in [5, 5.41) is 3.69. The van der Waals surface area contributed by atoms with Gasteiger partial charge in [-0.2, -0.15) is 8.42 Å². The van der Waals surface area contributed by atoms with Gasteiger partial charge in [0, 0.05) is 17.3 Å². The fourth-order valence-electron chi connectivity index (χ4n) is 3.85. The summed E-state index contributed by atoms with van der Waals surface area (Å²) in [6.07, 6.45) is 3.99. The Hall–Kier alpha value is -2.54. The van der Waals surface area contributed by atoms with E-state index in [2.05, 4.69) is 39.9 Å². The third-order valence-corrected chi connectivity index (χ3v) is 4.83. The number of aromatic nitrogens is 2. The average Bonchev–Trinajstić information content (AvgIpc) is 2.90. The molecule has 0 aliphatic rings. The van der Waals surface area contributed by atoms with Crippen molar-refractivity contribution in [1.29, 1.82) is 0 Å². The molecule has 3 rings (SSSR count). The van der Waals surface area contributed by atoms with E-state index in [1.807, 2.05) is 40.9 Å². The first-order valence-electron chi connectivity index (χ1n) is 9.58. The quantitative estimate of drug-likeness (QED) is 0.576. The van der Waals surface area contributed by atoms with E-state index in [-0.39, 0.29) is 16.7 Å². The maximum atomic E-state index is 11.3. The Morgan fingerprint density at radius 1 is 1.03 bits per heavy atom. The lowest BCUT2D eigenvalue weighted by Crippen LogP contribution is -2.36. The summed E-state index contributed by atoms with van der Waals surface area (Å²) in [5.74, 6) is 1.19. The molecule has 2 aromatic heterocycles. The van der Waals surface area contributed by atoms with Gasteiger partial charge in [0.15, 0.2) is 0 Å². The Bertz CT molecular complexity index is 1110. The normalized spacial score (nSPS) is 12.9. The number of nitrogens with one attached hydrogen (secondary N) is 1. The van der Waals surface area contributed by atoms with Gasteiger partial charge in [-0.1, -0.05) is 26.8 Å². The molecule has 1 aromatic carbocycles. The highest BCUT2D eigenvalue weighted by Crippen LogP contribution is 2.35. The van der Waals surface area contributed by atoms with Crippen LogP contribution in [-0.2, 0) is 10.1 Å². The number of benzene rings is 1. The molecule has 3 aromatic rings. The first-order valence-corrected chi connectivity index (χ1v) is 11.4. The van der Waals surface area contributed by atoms with Crippen molar-refractivity contribution in [2.75, 3.05) is 11.6 Å². The van der Waals surface area contributed by atoms with E-state index in [1.165, 1.54) is 0 Å². The minimum atomic E-state index is -3.56. The summed E-state index contributed by atoms with van der Waals surface area (Å²) < 4.78 is 29.7. The summed E-state index contributed by atoms with van der Waals surface area (Å²) >= 11 is 0. The third kappa shape index (κ3) is 5.50. The Morgan fingerprint density at radius 2 is 1.69 bits per heavy atom. The van der Waals surface area contributed by atoms with E-state index in [0.717, 1.165) is 35.4 Å².